The fraction of sp³-hybridized carbons (Fsp3) is 0.500. The molecule has 1 saturated heterocycles. The molecule has 0 saturated carbocycles. The van der Waals surface area contributed by atoms with Crippen LogP contribution in [0.5, 0.6) is 5.75 Å². The lowest BCUT2D eigenvalue weighted by Gasteiger charge is -2.48. The summed E-state index contributed by atoms with van der Waals surface area (Å²) in [6, 6.07) is 4.24. The minimum atomic E-state index is -0.924. The molecular weight excluding hydrogens is 276 g/mol. The fourth-order valence-electron chi connectivity index (χ4n) is 2.34. The van der Waals surface area contributed by atoms with Crippen molar-refractivity contribution < 1.29 is 19.6 Å². The first-order valence-corrected chi connectivity index (χ1v) is 6.63. The van der Waals surface area contributed by atoms with E-state index in [0.717, 1.165) is 0 Å². The number of benzene rings is 1. The van der Waals surface area contributed by atoms with Crippen LogP contribution >= 0.6 is 0 Å². The zero-order valence-electron chi connectivity index (χ0n) is 12.2. The molecule has 0 spiro atoms. The average Bonchev–Trinajstić information content (AvgIpc) is 2.41. The second-order valence-corrected chi connectivity index (χ2v) is 5.53. The number of methoxy groups -OCH3 is 1. The fourth-order valence-corrected chi connectivity index (χ4v) is 2.34. The normalized spacial score (nSPS) is 16.5. The van der Waals surface area contributed by atoms with Crippen LogP contribution in [0.15, 0.2) is 18.2 Å². The molecule has 0 unspecified atom stereocenters. The molecule has 1 N–H and O–H groups in total. The number of nitro groups is 1. The molecule has 2 rings (SSSR count). The number of hydrogen-bond donors (Lipinski definition) is 1. The first-order chi connectivity index (χ1) is 9.80. The molecule has 0 aliphatic carbocycles. The van der Waals surface area contributed by atoms with Crippen LogP contribution < -0.4 is 4.74 Å². The summed E-state index contributed by atoms with van der Waals surface area (Å²) in [5.74, 6) is -0.326. The Morgan fingerprint density at radius 1 is 1.48 bits per heavy atom. The van der Waals surface area contributed by atoms with E-state index >= 15 is 0 Å². The van der Waals surface area contributed by atoms with Gasteiger partial charge in [-0.25, -0.2) is 0 Å². The molecular formula is C14H18N2O5. The molecule has 0 aromatic heterocycles. The van der Waals surface area contributed by atoms with E-state index in [1.165, 1.54) is 30.2 Å². The van der Waals surface area contributed by atoms with Gasteiger partial charge in [0.25, 0.3) is 11.6 Å². The van der Waals surface area contributed by atoms with Crippen molar-refractivity contribution in [3.8, 4) is 5.75 Å². The standard InChI is InChI=1S/C14H18N2O5/c1-9(2)14(18)7-15(8-14)13(17)12-10(16(19)20)5-4-6-11(12)21-3/h4-6,9,18H,7-8H2,1-3H3. The SMILES string of the molecule is COc1cccc([N+](=O)[O-])c1C(=O)N1CC(O)(C(C)C)C1. The molecule has 21 heavy (non-hydrogen) atoms. The number of carbonyl (C=O) groups excluding carboxylic acids is 1. The number of nitro benzene ring substituents is 1. The van der Waals surface area contributed by atoms with Gasteiger partial charge in [0.15, 0.2) is 5.56 Å². The zero-order valence-corrected chi connectivity index (χ0v) is 12.2. The Morgan fingerprint density at radius 2 is 2.10 bits per heavy atom. The van der Waals surface area contributed by atoms with Crippen LogP contribution in [0, 0.1) is 16.0 Å². The quantitative estimate of drug-likeness (QED) is 0.670. The van der Waals surface area contributed by atoms with Gasteiger partial charge in [-0.05, 0) is 12.0 Å². The van der Waals surface area contributed by atoms with Crippen molar-refractivity contribution in [2.45, 2.75) is 19.4 Å². The van der Waals surface area contributed by atoms with E-state index in [1.54, 1.807) is 0 Å². The van der Waals surface area contributed by atoms with Crippen molar-refractivity contribution in [1.29, 1.82) is 0 Å². The summed E-state index contributed by atoms with van der Waals surface area (Å²) < 4.78 is 5.06. The molecule has 1 aliphatic rings. The highest BCUT2D eigenvalue weighted by molar-refractivity contribution is 6.01. The van der Waals surface area contributed by atoms with Crippen molar-refractivity contribution in [2.24, 2.45) is 5.92 Å². The van der Waals surface area contributed by atoms with Crippen LogP contribution in [0.25, 0.3) is 0 Å². The third-order valence-corrected chi connectivity index (χ3v) is 3.93. The Hall–Kier alpha value is -2.15. The minimum absolute atomic E-state index is 0.00852. The second-order valence-electron chi connectivity index (χ2n) is 5.53. The molecule has 114 valence electrons. The number of aliphatic hydroxyl groups is 1. The van der Waals surface area contributed by atoms with Crippen LogP contribution in [0.2, 0.25) is 0 Å². The maximum absolute atomic E-state index is 12.5. The lowest BCUT2D eigenvalue weighted by molar-refractivity contribution is -0.385. The predicted molar refractivity (Wildman–Crippen MR) is 75.3 cm³/mol. The van der Waals surface area contributed by atoms with Crippen LogP contribution in [0.3, 0.4) is 0 Å². The Kier molecular flexibility index (Phi) is 3.87. The highest BCUT2D eigenvalue weighted by Gasteiger charge is 2.47. The molecule has 7 nitrogen and oxygen atoms in total. The van der Waals surface area contributed by atoms with Gasteiger partial charge < -0.3 is 14.7 Å². The van der Waals surface area contributed by atoms with Gasteiger partial charge in [0.2, 0.25) is 0 Å². The van der Waals surface area contributed by atoms with Gasteiger partial charge in [0, 0.05) is 6.07 Å². The molecule has 1 amide bonds. The number of likely N-dealkylation sites (tertiary alicyclic amines) is 1. The first-order valence-electron chi connectivity index (χ1n) is 6.63. The summed E-state index contributed by atoms with van der Waals surface area (Å²) in [5.41, 5.74) is -1.29. The van der Waals surface area contributed by atoms with Crippen molar-refractivity contribution in [2.75, 3.05) is 20.2 Å². The highest BCUT2D eigenvalue weighted by atomic mass is 16.6. The van der Waals surface area contributed by atoms with E-state index in [1.807, 2.05) is 13.8 Å². The Labute approximate surface area is 122 Å². The van der Waals surface area contributed by atoms with Gasteiger partial charge in [-0.15, -0.1) is 0 Å². The third-order valence-electron chi connectivity index (χ3n) is 3.93. The molecule has 7 heteroatoms. The Balaban J connectivity index is 2.31. The number of hydrogen-bond acceptors (Lipinski definition) is 5. The van der Waals surface area contributed by atoms with E-state index in [0.29, 0.717) is 0 Å². The first kappa shape index (κ1) is 15.2. The van der Waals surface area contributed by atoms with Crippen LogP contribution in [0.1, 0.15) is 24.2 Å². The van der Waals surface area contributed by atoms with Gasteiger partial charge in [-0.1, -0.05) is 19.9 Å². The summed E-state index contributed by atoms with van der Waals surface area (Å²) in [7, 11) is 1.36. The number of nitrogens with zero attached hydrogens (tertiary/aromatic N) is 2. The third kappa shape index (κ3) is 2.56. The van der Waals surface area contributed by atoms with Crippen LogP contribution in [-0.4, -0.2) is 46.6 Å². The van der Waals surface area contributed by atoms with Gasteiger partial charge in [-0.3, -0.25) is 14.9 Å². The van der Waals surface area contributed by atoms with E-state index in [9.17, 15) is 20.0 Å². The average molecular weight is 294 g/mol. The van der Waals surface area contributed by atoms with E-state index < -0.39 is 16.4 Å². The maximum atomic E-state index is 12.5. The summed E-state index contributed by atoms with van der Waals surface area (Å²) in [5, 5.41) is 21.3. The van der Waals surface area contributed by atoms with Crippen molar-refractivity contribution in [3.63, 3.8) is 0 Å². The van der Waals surface area contributed by atoms with E-state index in [-0.39, 0.29) is 36.0 Å². The molecule has 0 bridgehead atoms. The highest BCUT2D eigenvalue weighted by Crippen LogP contribution is 2.34. The van der Waals surface area contributed by atoms with Crippen LogP contribution in [-0.2, 0) is 0 Å². The van der Waals surface area contributed by atoms with E-state index in [4.69, 9.17) is 4.74 Å². The summed E-state index contributed by atoms with van der Waals surface area (Å²) in [6.07, 6.45) is 0. The number of carbonyl (C=O) groups is 1. The maximum Gasteiger partial charge on any atom is 0.285 e. The molecule has 1 fully saturated rings. The topological polar surface area (TPSA) is 92.9 Å². The summed E-state index contributed by atoms with van der Waals surface area (Å²) in [6.45, 7) is 4.07. The van der Waals surface area contributed by atoms with Gasteiger partial charge in [0.05, 0.1) is 25.1 Å². The molecule has 1 aromatic carbocycles. The zero-order chi connectivity index (χ0) is 15.8. The number of β-amino-alcohol motifs (C(OH)–C–C–N with tert-alkyl or cyclic N) is 1. The number of amides is 1. The Bertz CT molecular complexity index is 579. The second kappa shape index (κ2) is 5.33. The minimum Gasteiger partial charge on any atom is -0.496 e. The smallest absolute Gasteiger partial charge is 0.285 e. The van der Waals surface area contributed by atoms with Crippen molar-refractivity contribution in [1.82, 2.24) is 4.90 Å². The van der Waals surface area contributed by atoms with Gasteiger partial charge in [-0.2, -0.15) is 0 Å². The molecule has 1 heterocycles. The van der Waals surface area contributed by atoms with Crippen molar-refractivity contribution >= 4 is 11.6 Å². The lowest BCUT2D eigenvalue weighted by atomic mass is 9.82. The van der Waals surface area contributed by atoms with Gasteiger partial charge >= 0.3 is 0 Å². The molecule has 0 radical (unpaired) electrons. The Morgan fingerprint density at radius 3 is 2.57 bits per heavy atom. The van der Waals surface area contributed by atoms with Crippen LogP contribution in [0.4, 0.5) is 5.69 Å². The largest absolute Gasteiger partial charge is 0.496 e. The number of rotatable bonds is 4. The lowest BCUT2D eigenvalue weighted by Crippen LogP contribution is -2.66. The molecule has 0 atom stereocenters. The number of ether oxygens (including phenoxy) is 1. The molecule has 1 aromatic rings. The predicted octanol–water partition coefficient (Wildman–Crippen LogP) is 1.45. The van der Waals surface area contributed by atoms with Gasteiger partial charge in [0.1, 0.15) is 11.4 Å². The molecule has 1 aliphatic heterocycles. The van der Waals surface area contributed by atoms with E-state index in [2.05, 4.69) is 0 Å². The summed E-state index contributed by atoms with van der Waals surface area (Å²) in [4.78, 5) is 24.3. The monoisotopic (exact) mass is 294 g/mol. The van der Waals surface area contributed by atoms with Crippen molar-refractivity contribution in [3.05, 3.63) is 33.9 Å². The summed E-state index contributed by atoms with van der Waals surface area (Å²) >= 11 is 0.